The maximum atomic E-state index is 12.4. The van der Waals surface area contributed by atoms with E-state index in [0.29, 0.717) is 29.7 Å². The van der Waals surface area contributed by atoms with Gasteiger partial charge in [-0.2, -0.15) is 0 Å². The number of nitrogens with zero attached hydrogens (tertiary/aromatic N) is 3. The van der Waals surface area contributed by atoms with Crippen molar-refractivity contribution in [3.63, 3.8) is 0 Å². The lowest BCUT2D eigenvalue weighted by Gasteiger charge is -2.02. The van der Waals surface area contributed by atoms with Crippen LogP contribution in [0.4, 0.5) is 0 Å². The molecule has 0 spiro atoms. The zero-order valence-electron chi connectivity index (χ0n) is 13.5. The molecule has 0 unspecified atom stereocenters. The molecule has 1 aliphatic rings. The number of aromatic nitrogens is 3. The van der Waals surface area contributed by atoms with E-state index < -0.39 is 0 Å². The molecule has 2 aromatic heterocycles. The number of thioether (sulfide) groups is 1. The molecule has 4 rings (SSSR count). The van der Waals surface area contributed by atoms with Gasteiger partial charge in [0.2, 0.25) is 5.89 Å². The third kappa shape index (κ3) is 3.74. The van der Waals surface area contributed by atoms with Gasteiger partial charge in [-0.25, -0.2) is 4.98 Å². The maximum absolute atomic E-state index is 12.4. The highest BCUT2D eigenvalue weighted by Crippen LogP contribution is 2.27. The van der Waals surface area contributed by atoms with E-state index in [1.165, 1.54) is 11.8 Å². The fourth-order valence-electron chi connectivity index (χ4n) is 2.58. The van der Waals surface area contributed by atoms with Crippen LogP contribution in [0.2, 0.25) is 0 Å². The van der Waals surface area contributed by atoms with Crippen molar-refractivity contribution in [2.45, 2.75) is 25.0 Å². The van der Waals surface area contributed by atoms with E-state index in [2.05, 4.69) is 15.2 Å². The number of carbonyl (C=O) groups is 1. The highest BCUT2D eigenvalue weighted by molar-refractivity contribution is 7.99. The maximum Gasteiger partial charge on any atom is 0.277 e. The van der Waals surface area contributed by atoms with Gasteiger partial charge in [-0.15, -0.1) is 21.5 Å². The number of rotatable bonds is 6. The van der Waals surface area contributed by atoms with E-state index in [0.717, 1.165) is 28.4 Å². The molecule has 0 fully saturated rings. The largest absolute Gasteiger partial charge is 0.493 e. The Morgan fingerprint density at radius 3 is 3.12 bits per heavy atom. The smallest absolute Gasteiger partial charge is 0.277 e. The van der Waals surface area contributed by atoms with Crippen molar-refractivity contribution < 1.29 is 13.9 Å². The summed E-state index contributed by atoms with van der Waals surface area (Å²) < 4.78 is 11.1. The van der Waals surface area contributed by atoms with Crippen LogP contribution in [-0.4, -0.2) is 33.3 Å². The molecule has 0 bridgehead atoms. The van der Waals surface area contributed by atoms with Gasteiger partial charge in [-0.05, 0) is 30.7 Å². The fraction of sp³-hybridized carbons (Fsp3) is 0.294. The number of hydrogen-bond donors (Lipinski definition) is 0. The molecule has 25 heavy (non-hydrogen) atoms. The van der Waals surface area contributed by atoms with Gasteiger partial charge in [0, 0.05) is 17.4 Å². The second-order valence-electron chi connectivity index (χ2n) is 5.63. The third-order valence-corrected chi connectivity index (χ3v) is 5.43. The summed E-state index contributed by atoms with van der Waals surface area (Å²) in [6.07, 6.45) is 1.36. The molecule has 6 nitrogen and oxygen atoms in total. The summed E-state index contributed by atoms with van der Waals surface area (Å²) in [6, 6.07) is 5.58. The Morgan fingerprint density at radius 2 is 2.28 bits per heavy atom. The molecule has 0 aliphatic carbocycles. The van der Waals surface area contributed by atoms with Gasteiger partial charge < -0.3 is 9.15 Å². The van der Waals surface area contributed by atoms with E-state index in [-0.39, 0.29) is 11.5 Å². The number of ether oxygens (including phenoxy) is 1. The van der Waals surface area contributed by atoms with Crippen LogP contribution in [0.25, 0.3) is 0 Å². The van der Waals surface area contributed by atoms with Gasteiger partial charge in [0.25, 0.3) is 5.22 Å². The molecular formula is C17H15N3O3S2. The minimum Gasteiger partial charge on any atom is -0.493 e. The van der Waals surface area contributed by atoms with Gasteiger partial charge in [0.1, 0.15) is 5.75 Å². The van der Waals surface area contributed by atoms with Crippen LogP contribution in [0.15, 0.2) is 33.2 Å². The Bertz CT molecular complexity index is 920. The van der Waals surface area contributed by atoms with Gasteiger partial charge in [0.05, 0.1) is 29.5 Å². The molecule has 0 saturated carbocycles. The number of hydrogen-bond acceptors (Lipinski definition) is 8. The van der Waals surface area contributed by atoms with Crippen molar-refractivity contribution in [3.05, 3.63) is 51.3 Å². The van der Waals surface area contributed by atoms with E-state index in [4.69, 9.17) is 9.15 Å². The molecule has 1 aliphatic heterocycles. The highest BCUT2D eigenvalue weighted by Gasteiger charge is 2.16. The van der Waals surface area contributed by atoms with Gasteiger partial charge in [-0.1, -0.05) is 11.8 Å². The number of carbonyl (C=O) groups excluding carboxylic acids is 1. The summed E-state index contributed by atoms with van der Waals surface area (Å²) in [5.74, 6) is 1.68. The van der Waals surface area contributed by atoms with Crippen LogP contribution in [0, 0.1) is 6.92 Å². The van der Waals surface area contributed by atoms with Crippen molar-refractivity contribution in [3.8, 4) is 5.75 Å². The zero-order valence-corrected chi connectivity index (χ0v) is 15.2. The first-order valence-corrected chi connectivity index (χ1v) is 9.69. The van der Waals surface area contributed by atoms with E-state index >= 15 is 0 Å². The van der Waals surface area contributed by atoms with Gasteiger partial charge >= 0.3 is 0 Å². The summed E-state index contributed by atoms with van der Waals surface area (Å²) in [6.45, 7) is 2.64. The predicted molar refractivity (Wildman–Crippen MR) is 94.7 cm³/mol. The van der Waals surface area contributed by atoms with Crippen molar-refractivity contribution in [1.82, 2.24) is 15.2 Å². The number of fused-ring (bicyclic) bond motifs is 1. The van der Waals surface area contributed by atoms with Crippen molar-refractivity contribution >= 4 is 28.9 Å². The normalized spacial score (nSPS) is 12.8. The molecule has 0 radical (unpaired) electrons. The van der Waals surface area contributed by atoms with Crippen LogP contribution in [0.5, 0.6) is 5.75 Å². The van der Waals surface area contributed by atoms with E-state index in [9.17, 15) is 4.79 Å². The first kappa shape index (κ1) is 16.3. The molecular weight excluding hydrogens is 358 g/mol. The second-order valence-corrected chi connectivity index (χ2v) is 7.62. The quantitative estimate of drug-likeness (QED) is 0.484. The summed E-state index contributed by atoms with van der Waals surface area (Å²) in [5.41, 5.74) is 2.70. The molecule has 1 aromatic carbocycles. The average Bonchev–Trinajstić information content (AvgIpc) is 3.33. The average molecular weight is 373 g/mol. The lowest BCUT2D eigenvalue weighted by Crippen LogP contribution is -2.02. The van der Waals surface area contributed by atoms with Crippen molar-refractivity contribution in [2.24, 2.45) is 0 Å². The van der Waals surface area contributed by atoms with E-state index in [1.54, 1.807) is 17.4 Å². The first-order chi connectivity index (χ1) is 12.2. The predicted octanol–water partition coefficient (Wildman–Crippen LogP) is 3.34. The summed E-state index contributed by atoms with van der Waals surface area (Å²) in [5, 5.41) is 11.4. The zero-order chi connectivity index (χ0) is 17.2. The molecule has 3 heterocycles. The number of Topliss-reactive ketones (excluding diaryl/α,β-unsaturated/α-hetero) is 1. The molecule has 3 aromatic rings. The summed E-state index contributed by atoms with van der Waals surface area (Å²) in [7, 11) is 0. The molecule has 0 N–H and O–H groups in total. The van der Waals surface area contributed by atoms with Crippen molar-refractivity contribution in [1.29, 1.82) is 0 Å². The Balaban J connectivity index is 1.36. The van der Waals surface area contributed by atoms with Crippen molar-refractivity contribution in [2.75, 3.05) is 12.4 Å². The summed E-state index contributed by atoms with van der Waals surface area (Å²) >= 11 is 2.85. The fourth-order valence-corrected chi connectivity index (χ4v) is 3.87. The number of aryl methyl sites for hydroxylation is 1. The van der Waals surface area contributed by atoms with Crippen LogP contribution >= 0.6 is 23.1 Å². The second kappa shape index (κ2) is 6.97. The lowest BCUT2D eigenvalue weighted by atomic mass is 10.1. The lowest BCUT2D eigenvalue weighted by molar-refractivity contribution is 0.102. The summed E-state index contributed by atoms with van der Waals surface area (Å²) in [4.78, 5) is 16.7. The Labute approximate surface area is 152 Å². The van der Waals surface area contributed by atoms with Crippen LogP contribution in [0.3, 0.4) is 0 Å². The standard InChI is InChI=1S/C17H15N3O3S2/c1-10-18-13(8-24-10)7-16-19-20-17(23-16)25-9-14(21)11-2-3-15-12(6-11)4-5-22-15/h2-3,6,8H,4-5,7,9H2,1H3. The first-order valence-electron chi connectivity index (χ1n) is 7.82. The minimum atomic E-state index is 0.0366. The molecule has 8 heteroatoms. The molecule has 0 atom stereocenters. The number of benzene rings is 1. The van der Waals surface area contributed by atoms with Gasteiger partial charge in [-0.3, -0.25) is 4.79 Å². The molecule has 0 saturated heterocycles. The minimum absolute atomic E-state index is 0.0366. The highest BCUT2D eigenvalue weighted by atomic mass is 32.2. The molecule has 128 valence electrons. The Morgan fingerprint density at radius 1 is 1.36 bits per heavy atom. The monoisotopic (exact) mass is 373 g/mol. The Hall–Kier alpha value is -2.19. The molecule has 0 amide bonds. The van der Waals surface area contributed by atoms with Crippen LogP contribution < -0.4 is 4.74 Å². The topological polar surface area (TPSA) is 78.1 Å². The van der Waals surface area contributed by atoms with Crippen LogP contribution in [-0.2, 0) is 12.8 Å². The van der Waals surface area contributed by atoms with E-state index in [1.807, 2.05) is 24.4 Å². The number of thiazole rings is 1. The SMILES string of the molecule is Cc1nc(Cc2nnc(SCC(=O)c3ccc4c(c3)CCO4)o2)cs1. The Kier molecular flexibility index (Phi) is 4.54. The van der Waals surface area contributed by atoms with Crippen LogP contribution in [0.1, 0.15) is 32.5 Å². The third-order valence-electron chi connectivity index (χ3n) is 3.79. The number of ketones is 1. The van der Waals surface area contributed by atoms with Gasteiger partial charge in [0.15, 0.2) is 5.78 Å².